The summed E-state index contributed by atoms with van der Waals surface area (Å²) in [5.41, 5.74) is 3.88. The number of rotatable bonds is 6. The highest BCUT2D eigenvalue weighted by Crippen LogP contribution is 2.17. The molecule has 0 bridgehead atoms. The van der Waals surface area contributed by atoms with E-state index in [9.17, 15) is 0 Å². The van der Waals surface area contributed by atoms with Crippen LogP contribution in [0.4, 0.5) is 5.82 Å². The maximum Gasteiger partial charge on any atom is 0.128 e. The summed E-state index contributed by atoms with van der Waals surface area (Å²) in [6.07, 6.45) is 6.23. The van der Waals surface area contributed by atoms with Crippen LogP contribution in [0.3, 0.4) is 0 Å². The average molecular weight is 343 g/mol. The molecule has 0 aliphatic carbocycles. The lowest BCUT2D eigenvalue weighted by atomic mass is 10.1. The van der Waals surface area contributed by atoms with Gasteiger partial charge >= 0.3 is 0 Å². The van der Waals surface area contributed by atoms with E-state index in [-0.39, 0.29) is 0 Å². The zero-order valence-electron chi connectivity index (χ0n) is 15.8. The molecule has 3 heterocycles. The molecule has 25 heavy (non-hydrogen) atoms. The van der Waals surface area contributed by atoms with E-state index in [4.69, 9.17) is 4.74 Å². The van der Waals surface area contributed by atoms with Crippen molar-refractivity contribution in [1.29, 1.82) is 0 Å². The van der Waals surface area contributed by atoms with E-state index in [1.165, 1.54) is 16.8 Å². The van der Waals surface area contributed by atoms with E-state index in [1.807, 2.05) is 43.1 Å². The third kappa shape index (κ3) is 4.58. The van der Waals surface area contributed by atoms with Crippen LogP contribution in [0.5, 0.6) is 0 Å². The van der Waals surface area contributed by atoms with Gasteiger partial charge in [0, 0.05) is 58.2 Å². The third-order valence-electron chi connectivity index (χ3n) is 4.98. The van der Waals surface area contributed by atoms with Crippen LogP contribution in [-0.2, 0) is 24.8 Å². The fourth-order valence-corrected chi connectivity index (χ4v) is 3.23. The molecule has 0 saturated carbocycles. The number of nitrogens with zero attached hydrogens (tertiary/aromatic N) is 5. The quantitative estimate of drug-likeness (QED) is 0.803. The van der Waals surface area contributed by atoms with Crippen LogP contribution in [0.25, 0.3) is 0 Å². The minimum atomic E-state index is 0.293. The van der Waals surface area contributed by atoms with E-state index >= 15 is 0 Å². The predicted octanol–water partition coefficient (Wildman–Crippen LogP) is 2.02. The lowest BCUT2D eigenvalue weighted by Gasteiger charge is -2.33. The molecule has 0 amide bonds. The molecule has 0 aromatic carbocycles. The molecule has 2 aromatic heterocycles. The van der Waals surface area contributed by atoms with Gasteiger partial charge in [0.1, 0.15) is 5.82 Å². The molecule has 6 nitrogen and oxygen atoms in total. The monoisotopic (exact) mass is 343 g/mol. The van der Waals surface area contributed by atoms with Gasteiger partial charge in [0.25, 0.3) is 0 Å². The molecular formula is C19H29N5O. The van der Waals surface area contributed by atoms with Crippen molar-refractivity contribution in [3.05, 3.63) is 41.3 Å². The summed E-state index contributed by atoms with van der Waals surface area (Å²) in [6.45, 7) is 5.87. The maximum atomic E-state index is 5.99. The molecule has 1 fully saturated rings. The van der Waals surface area contributed by atoms with Crippen LogP contribution in [0.1, 0.15) is 23.2 Å². The van der Waals surface area contributed by atoms with Crippen LogP contribution >= 0.6 is 0 Å². The van der Waals surface area contributed by atoms with E-state index in [1.54, 1.807) is 0 Å². The molecule has 0 spiro atoms. The second-order valence-corrected chi connectivity index (χ2v) is 7.06. The lowest BCUT2D eigenvalue weighted by molar-refractivity contribution is -0.0346. The standard InChI is InChI=1S/C19H29N5O/c1-15-17(12-21-23(15)4)13-24-9-10-25-18(14-24)6-5-16-7-8-20-19(11-16)22(2)3/h7-8,11-12,18H,5-6,9-10,13-14H2,1-4H3/t18-/m1/s1. The van der Waals surface area contributed by atoms with Crippen LogP contribution in [0.15, 0.2) is 24.5 Å². The van der Waals surface area contributed by atoms with Crippen molar-refractivity contribution in [2.24, 2.45) is 7.05 Å². The van der Waals surface area contributed by atoms with Gasteiger partial charge in [-0.25, -0.2) is 4.98 Å². The Balaban J connectivity index is 1.53. The molecule has 0 N–H and O–H groups in total. The minimum absolute atomic E-state index is 0.293. The average Bonchev–Trinajstić information content (AvgIpc) is 2.93. The van der Waals surface area contributed by atoms with Crippen LogP contribution < -0.4 is 4.90 Å². The number of ether oxygens (including phenoxy) is 1. The van der Waals surface area contributed by atoms with Crippen LogP contribution in [-0.4, -0.2) is 59.6 Å². The number of aryl methyl sites for hydroxylation is 2. The van der Waals surface area contributed by atoms with Crippen molar-refractivity contribution in [3.63, 3.8) is 0 Å². The predicted molar refractivity (Wildman–Crippen MR) is 99.8 cm³/mol. The molecule has 3 rings (SSSR count). The van der Waals surface area contributed by atoms with Gasteiger partial charge < -0.3 is 9.64 Å². The molecule has 6 heteroatoms. The first-order chi connectivity index (χ1) is 12.0. The van der Waals surface area contributed by atoms with Crippen LogP contribution in [0, 0.1) is 6.92 Å². The van der Waals surface area contributed by atoms with E-state index in [2.05, 4.69) is 34.0 Å². The van der Waals surface area contributed by atoms with Crippen molar-refractivity contribution < 1.29 is 4.74 Å². The zero-order chi connectivity index (χ0) is 17.8. The van der Waals surface area contributed by atoms with Crippen molar-refractivity contribution >= 4 is 5.82 Å². The maximum absolute atomic E-state index is 5.99. The van der Waals surface area contributed by atoms with Crippen molar-refractivity contribution in [2.45, 2.75) is 32.4 Å². The van der Waals surface area contributed by atoms with Gasteiger partial charge in [-0.1, -0.05) is 0 Å². The number of hydrogen-bond acceptors (Lipinski definition) is 5. The lowest BCUT2D eigenvalue weighted by Crippen LogP contribution is -2.42. The summed E-state index contributed by atoms with van der Waals surface area (Å²) in [6, 6.07) is 4.27. The minimum Gasteiger partial charge on any atom is -0.376 e. The van der Waals surface area contributed by atoms with Gasteiger partial charge in [0.15, 0.2) is 0 Å². The summed E-state index contributed by atoms with van der Waals surface area (Å²) < 4.78 is 7.94. The molecular weight excluding hydrogens is 314 g/mol. The Morgan fingerprint density at radius 3 is 2.92 bits per heavy atom. The summed E-state index contributed by atoms with van der Waals surface area (Å²) in [5.74, 6) is 1.01. The number of anilines is 1. The molecule has 1 aliphatic heterocycles. The first-order valence-electron chi connectivity index (χ1n) is 8.96. The largest absolute Gasteiger partial charge is 0.376 e. The molecule has 1 saturated heterocycles. The number of hydrogen-bond donors (Lipinski definition) is 0. The summed E-state index contributed by atoms with van der Waals surface area (Å²) in [4.78, 5) is 8.90. The molecule has 2 aromatic rings. The SMILES string of the molecule is Cc1c(CN2CCO[C@H](CCc3ccnc(N(C)C)c3)C2)cnn1C. The molecule has 0 radical (unpaired) electrons. The Hall–Kier alpha value is -1.92. The van der Waals surface area contributed by atoms with Crippen molar-refractivity contribution in [3.8, 4) is 0 Å². The van der Waals surface area contributed by atoms with Crippen LogP contribution in [0.2, 0.25) is 0 Å². The third-order valence-corrected chi connectivity index (χ3v) is 4.98. The second kappa shape index (κ2) is 7.97. The van der Waals surface area contributed by atoms with Gasteiger partial charge in [-0.15, -0.1) is 0 Å². The highest BCUT2D eigenvalue weighted by atomic mass is 16.5. The van der Waals surface area contributed by atoms with Gasteiger partial charge in [-0.3, -0.25) is 9.58 Å². The summed E-state index contributed by atoms with van der Waals surface area (Å²) in [5, 5.41) is 4.35. The highest BCUT2D eigenvalue weighted by molar-refractivity contribution is 5.39. The normalized spacial score (nSPS) is 18.5. The Kier molecular flexibility index (Phi) is 5.71. The van der Waals surface area contributed by atoms with Gasteiger partial charge in [-0.05, 0) is 37.5 Å². The van der Waals surface area contributed by atoms with E-state index in [0.717, 1.165) is 44.9 Å². The summed E-state index contributed by atoms with van der Waals surface area (Å²) >= 11 is 0. The number of morpholine rings is 1. The van der Waals surface area contributed by atoms with Gasteiger partial charge in [0.05, 0.1) is 18.9 Å². The summed E-state index contributed by atoms with van der Waals surface area (Å²) in [7, 11) is 6.04. The molecule has 1 aliphatic rings. The topological polar surface area (TPSA) is 46.4 Å². The molecule has 1 atom stereocenters. The first kappa shape index (κ1) is 17.9. The molecule has 0 unspecified atom stereocenters. The Morgan fingerprint density at radius 2 is 2.20 bits per heavy atom. The van der Waals surface area contributed by atoms with Crippen molar-refractivity contribution in [1.82, 2.24) is 19.7 Å². The Bertz CT molecular complexity index is 697. The van der Waals surface area contributed by atoms with E-state index in [0.29, 0.717) is 6.10 Å². The smallest absolute Gasteiger partial charge is 0.128 e. The Labute approximate surface area is 150 Å². The number of aromatic nitrogens is 3. The van der Waals surface area contributed by atoms with Crippen molar-refractivity contribution in [2.75, 3.05) is 38.7 Å². The number of pyridine rings is 1. The van der Waals surface area contributed by atoms with E-state index < -0.39 is 0 Å². The molecule has 136 valence electrons. The fraction of sp³-hybridized carbons (Fsp3) is 0.579. The zero-order valence-corrected chi connectivity index (χ0v) is 15.8. The second-order valence-electron chi connectivity index (χ2n) is 7.06. The highest BCUT2D eigenvalue weighted by Gasteiger charge is 2.21. The van der Waals surface area contributed by atoms with Gasteiger partial charge in [0.2, 0.25) is 0 Å². The first-order valence-corrected chi connectivity index (χ1v) is 8.96. The fourth-order valence-electron chi connectivity index (χ4n) is 3.23. The Morgan fingerprint density at radius 1 is 1.36 bits per heavy atom. The van der Waals surface area contributed by atoms with Gasteiger partial charge in [-0.2, -0.15) is 5.10 Å².